The summed E-state index contributed by atoms with van der Waals surface area (Å²) in [7, 11) is 1.59. The Morgan fingerprint density at radius 1 is 1.47 bits per heavy atom. The number of methoxy groups -OCH3 is 1. The van der Waals surface area contributed by atoms with Crippen LogP contribution in [0.25, 0.3) is 11.3 Å². The van der Waals surface area contributed by atoms with Crippen molar-refractivity contribution in [1.82, 2.24) is 4.98 Å². The first-order chi connectivity index (χ1) is 8.15. The molecule has 0 aliphatic rings. The number of rotatable bonds is 3. The second-order valence-corrected chi connectivity index (χ2v) is 3.93. The Morgan fingerprint density at radius 3 is 2.82 bits per heavy atom. The number of nitrogens with zero attached hydrogens (tertiary/aromatic N) is 1. The van der Waals surface area contributed by atoms with Gasteiger partial charge in [-0.2, -0.15) is 4.98 Å². The van der Waals surface area contributed by atoms with E-state index in [0.29, 0.717) is 16.5 Å². The van der Waals surface area contributed by atoms with E-state index < -0.39 is 0 Å². The predicted molar refractivity (Wildman–Crippen MR) is 67.3 cm³/mol. The van der Waals surface area contributed by atoms with Crippen molar-refractivity contribution in [3.8, 4) is 17.1 Å². The number of halogens is 1. The molecule has 0 bridgehead atoms. The van der Waals surface area contributed by atoms with Gasteiger partial charge in [-0.25, -0.2) is 0 Å². The number of oxazole rings is 1. The Kier molecular flexibility index (Phi) is 3.24. The van der Waals surface area contributed by atoms with Crippen molar-refractivity contribution in [2.45, 2.75) is 13.3 Å². The molecule has 1 aromatic heterocycles. The highest BCUT2D eigenvalue weighted by Gasteiger charge is 2.15. The molecule has 0 saturated carbocycles. The second-order valence-electron chi connectivity index (χ2n) is 3.53. The fraction of sp³-hybridized carbons (Fsp3) is 0.250. The van der Waals surface area contributed by atoms with Crippen LogP contribution in [0.15, 0.2) is 22.6 Å². The number of aromatic nitrogens is 1. The third kappa shape index (κ3) is 2.22. The summed E-state index contributed by atoms with van der Waals surface area (Å²) in [6.07, 6.45) is 0.735. The lowest BCUT2D eigenvalue weighted by Crippen LogP contribution is -1.88. The Bertz CT molecular complexity index is 537. The summed E-state index contributed by atoms with van der Waals surface area (Å²) in [6.45, 7) is 1.98. The maximum Gasteiger partial charge on any atom is 0.292 e. The van der Waals surface area contributed by atoms with Gasteiger partial charge in [0.15, 0.2) is 5.76 Å². The highest BCUT2D eigenvalue weighted by atomic mass is 35.5. The number of hydrogen-bond donors (Lipinski definition) is 1. The monoisotopic (exact) mass is 252 g/mol. The van der Waals surface area contributed by atoms with Gasteiger partial charge in [-0.15, -0.1) is 0 Å². The molecule has 0 amide bonds. The van der Waals surface area contributed by atoms with Crippen molar-refractivity contribution in [2.24, 2.45) is 0 Å². The van der Waals surface area contributed by atoms with Crippen LogP contribution in [-0.4, -0.2) is 12.1 Å². The average molecular weight is 253 g/mol. The quantitative estimate of drug-likeness (QED) is 0.912. The molecule has 5 heteroatoms. The fourth-order valence-corrected chi connectivity index (χ4v) is 1.88. The van der Waals surface area contributed by atoms with Gasteiger partial charge in [0.2, 0.25) is 0 Å². The van der Waals surface area contributed by atoms with Crippen LogP contribution < -0.4 is 10.5 Å². The average Bonchev–Trinajstić information content (AvgIpc) is 2.70. The summed E-state index contributed by atoms with van der Waals surface area (Å²) < 4.78 is 10.5. The second kappa shape index (κ2) is 4.67. The molecule has 0 aliphatic carbocycles. The molecule has 1 aromatic carbocycles. The number of anilines is 1. The van der Waals surface area contributed by atoms with Gasteiger partial charge < -0.3 is 14.9 Å². The van der Waals surface area contributed by atoms with Gasteiger partial charge in [0, 0.05) is 5.56 Å². The highest BCUT2D eigenvalue weighted by Crippen LogP contribution is 2.34. The van der Waals surface area contributed by atoms with Crippen LogP contribution in [0.3, 0.4) is 0 Å². The lowest BCUT2D eigenvalue weighted by atomic mass is 10.1. The molecule has 17 heavy (non-hydrogen) atoms. The van der Waals surface area contributed by atoms with E-state index in [1.807, 2.05) is 19.1 Å². The zero-order valence-corrected chi connectivity index (χ0v) is 10.4. The minimum atomic E-state index is 0.156. The van der Waals surface area contributed by atoms with Crippen LogP contribution in [0.5, 0.6) is 5.75 Å². The van der Waals surface area contributed by atoms with Crippen LogP contribution in [0.4, 0.5) is 6.01 Å². The summed E-state index contributed by atoms with van der Waals surface area (Å²) in [5.74, 6) is 1.32. The zero-order valence-electron chi connectivity index (χ0n) is 9.66. The first-order valence-corrected chi connectivity index (χ1v) is 5.62. The SMILES string of the molecule is CCc1nc(N)oc1-c1ccc(OC)cc1Cl. The molecule has 0 aliphatic heterocycles. The molecule has 0 fully saturated rings. The summed E-state index contributed by atoms with van der Waals surface area (Å²) in [4.78, 5) is 4.11. The number of benzene rings is 1. The van der Waals surface area contributed by atoms with E-state index in [1.165, 1.54) is 0 Å². The maximum absolute atomic E-state index is 6.17. The van der Waals surface area contributed by atoms with Crippen LogP contribution in [0.1, 0.15) is 12.6 Å². The molecule has 0 unspecified atom stereocenters. The molecule has 4 nitrogen and oxygen atoms in total. The van der Waals surface area contributed by atoms with Gasteiger partial charge in [0.25, 0.3) is 6.01 Å². The van der Waals surface area contributed by atoms with E-state index in [4.69, 9.17) is 26.5 Å². The van der Waals surface area contributed by atoms with E-state index in [1.54, 1.807) is 13.2 Å². The number of nitrogen functional groups attached to an aromatic ring is 1. The number of aryl methyl sites for hydroxylation is 1. The van der Waals surface area contributed by atoms with Gasteiger partial charge in [0.05, 0.1) is 17.8 Å². The molecule has 2 rings (SSSR count). The minimum Gasteiger partial charge on any atom is -0.497 e. The maximum atomic E-state index is 6.17. The Morgan fingerprint density at radius 2 is 2.24 bits per heavy atom. The zero-order chi connectivity index (χ0) is 12.4. The first kappa shape index (κ1) is 11.8. The van der Waals surface area contributed by atoms with Crippen molar-refractivity contribution in [3.05, 3.63) is 28.9 Å². The third-order valence-electron chi connectivity index (χ3n) is 2.47. The van der Waals surface area contributed by atoms with Crippen LogP contribution >= 0.6 is 11.6 Å². The normalized spacial score (nSPS) is 10.5. The summed E-state index contributed by atoms with van der Waals surface area (Å²) in [6, 6.07) is 5.54. The van der Waals surface area contributed by atoms with Crippen LogP contribution in [0, 0.1) is 0 Å². The first-order valence-electron chi connectivity index (χ1n) is 5.24. The smallest absolute Gasteiger partial charge is 0.292 e. The minimum absolute atomic E-state index is 0.156. The Balaban J connectivity index is 2.52. The molecule has 90 valence electrons. The molecule has 0 saturated heterocycles. The van der Waals surface area contributed by atoms with Crippen molar-refractivity contribution in [1.29, 1.82) is 0 Å². The number of ether oxygens (including phenoxy) is 1. The van der Waals surface area contributed by atoms with Gasteiger partial charge >= 0.3 is 0 Å². The predicted octanol–water partition coefficient (Wildman–Crippen LogP) is 3.15. The largest absolute Gasteiger partial charge is 0.497 e. The van der Waals surface area contributed by atoms with Gasteiger partial charge in [-0.3, -0.25) is 0 Å². The van der Waals surface area contributed by atoms with E-state index in [9.17, 15) is 0 Å². The lowest BCUT2D eigenvalue weighted by Gasteiger charge is -2.05. The van der Waals surface area contributed by atoms with Crippen LogP contribution in [0.2, 0.25) is 5.02 Å². The Hall–Kier alpha value is -1.68. The molecule has 2 N–H and O–H groups in total. The van der Waals surface area contributed by atoms with Gasteiger partial charge in [-0.05, 0) is 24.6 Å². The number of nitrogens with two attached hydrogens (primary N) is 1. The molecule has 0 atom stereocenters. The molecular formula is C12H13ClN2O2. The summed E-state index contributed by atoms with van der Waals surface area (Å²) in [5.41, 5.74) is 7.13. The standard InChI is InChI=1S/C12H13ClN2O2/c1-3-10-11(17-12(14)15-10)8-5-4-7(16-2)6-9(8)13/h4-6H,3H2,1-2H3,(H2,14,15). The van der Waals surface area contributed by atoms with Crippen molar-refractivity contribution >= 4 is 17.6 Å². The van der Waals surface area contributed by atoms with Crippen LogP contribution in [-0.2, 0) is 6.42 Å². The van der Waals surface area contributed by atoms with E-state index in [2.05, 4.69) is 4.98 Å². The van der Waals surface area contributed by atoms with E-state index in [-0.39, 0.29) is 6.01 Å². The lowest BCUT2D eigenvalue weighted by molar-refractivity contribution is 0.415. The van der Waals surface area contributed by atoms with E-state index >= 15 is 0 Å². The topological polar surface area (TPSA) is 61.3 Å². The summed E-state index contributed by atoms with van der Waals surface area (Å²) >= 11 is 6.17. The van der Waals surface area contributed by atoms with Crippen molar-refractivity contribution in [2.75, 3.05) is 12.8 Å². The van der Waals surface area contributed by atoms with Crippen molar-refractivity contribution < 1.29 is 9.15 Å². The third-order valence-corrected chi connectivity index (χ3v) is 2.78. The van der Waals surface area contributed by atoms with E-state index in [0.717, 1.165) is 17.7 Å². The molecular weight excluding hydrogens is 240 g/mol. The Labute approximate surface area is 104 Å². The van der Waals surface area contributed by atoms with Crippen molar-refractivity contribution in [3.63, 3.8) is 0 Å². The fourth-order valence-electron chi connectivity index (χ4n) is 1.63. The van der Waals surface area contributed by atoms with Gasteiger partial charge in [-0.1, -0.05) is 18.5 Å². The molecule has 0 spiro atoms. The summed E-state index contributed by atoms with van der Waals surface area (Å²) in [5, 5.41) is 0.551. The van der Waals surface area contributed by atoms with Gasteiger partial charge in [0.1, 0.15) is 5.75 Å². The molecule has 1 heterocycles. The molecule has 2 aromatic rings. The molecule has 0 radical (unpaired) electrons. The number of hydrogen-bond acceptors (Lipinski definition) is 4. The highest BCUT2D eigenvalue weighted by molar-refractivity contribution is 6.33.